The molecule has 5 rings (SSSR count). The second-order valence-electron chi connectivity index (χ2n) is 9.14. The van der Waals surface area contributed by atoms with Crippen LogP contribution >= 0.6 is 11.6 Å². The van der Waals surface area contributed by atoms with Gasteiger partial charge in [0, 0.05) is 18.7 Å². The molecule has 174 valence electrons. The number of hydrogen-bond donors (Lipinski definition) is 0. The van der Waals surface area contributed by atoms with Gasteiger partial charge in [-0.05, 0) is 61.3 Å². The Hall–Kier alpha value is -3.24. The van der Waals surface area contributed by atoms with Crippen LogP contribution in [0.2, 0.25) is 5.02 Å². The van der Waals surface area contributed by atoms with E-state index in [1.165, 1.54) is 22.8 Å². The first-order chi connectivity index (χ1) is 16.4. The third kappa shape index (κ3) is 4.07. The summed E-state index contributed by atoms with van der Waals surface area (Å²) in [5.41, 5.74) is 0.524. The lowest BCUT2D eigenvalue weighted by atomic mass is 9.99. The maximum Gasteiger partial charge on any atom is 0.279 e. The van der Waals surface area contributed by atoms with Gasteiger partial charge in [-0.3, -0.25) is 9.36 Å². The summed E-state index contributed by atoms with van der Waals surface area (Å²) in [6, 6.07) is 8.74. The maximum atomic E-state index is 14.9. The van der Waals surface area contributed by atoms with Crippen LogP contribution in [0.1, 0.15) is 44.1 Å². The Labute approximate surface area is 201 Å². The molecule has 5 nitrogen and oxygen atoms in total. The number of nitrogens with zero attached hydrogens (tertiary/aromatic N) is 4. The molecule has 3 aromatic rings. The van der Waals surface area contributed by atoms with Crippen molar-refractivity contribution < 1.29 is 8.78 Å². The van der Waals surface area contributed by atoms with Gasteiger partial charge in [-0.15, -0.1) is 0 Å². The monoisotopic (exact) mass is 480 g/mol. The molecule has 2 fully saturated rings. The van der Waals surface area contributed by atoms with E-state index in [2.05, 4.69) is 11.8 Å². The summed E-state index contributed by atoms with van der Waals surface area (Å²) in [6.07, 6.45) is 3.78. The number of piperidine rings is 1. The average molecular weight is 481 g/mol. The van der Waals surface area contributed by atoms with Gasteiger partial charge in [0.2, 0.25) is 5.69 Å². The first-order valence-electron chi connectivity index (χ1n) is 11.4. The summed E-state index contributed by atoms with van der Waals surface area (Å²) in [7, 11) is 0. The van der Waals surface area contributed by atoms with Gasteiger partial charge in [0.25, 0.3) is 5.56 Å². The summed E-state index contributed by atoms with van der Waals surface area (Å²) in [5, 5.41) is -0.0526. The smallest absolute Gasteiger partial charge is 0.279 e. The number of anilines is 1. The van der Waals surface area contributed by atoms with E-state index >= 15 is 0 Å². The van der Waals surface area contributed by atoms with Crippen molar-refractivity contribution in [3.8, 4) is 17.1 Å². The Bertz CT molecular complexity index is 1370. The molecule has 0 radical (unpaired) electrons. The van der Waals surface area contributed by atoms with Crippen LogP contribution in [0.4, 0.5) is 20.3 Å². The average Bonchev–Trinajstić information content (AvgIpc) is 3.66. The largest absolute Gasteiger partial charge is 0.355 e. The van der Waals surface area contributed by atoms with Crippen LogP contribution in [0.25, 0.3) is 21.9 Å². The van der Waals surface area contributed by atoms with Crippen molar-refractivity contribution in [1.82, 2.24) is 9.55 Å². The van der Waals surface area contributed by atoms with Crippen molar-refractivity contribution in [3.63, 3.8) is 0 Å². The quantitative estimate of drug-likeness (QED) is 0.400. The molecule has 1 saturated heterocycles. The molecule has 34 heavy (non-hydrogen) atoms. The minimum absolute atomic E-state index is 0.0526. The van der Waals surface area contributed by atoms with E-state index in [0.717, 1.165) is 25.7 Å². The zero-order valence-electron chi connectivity index (χ0n) is 18.7. The highest BCUT2D eigenvalue weighted by Crippen LogP contribution is 2.41. The van der Waals surface area contributed by atoms with Gasteiger partial charge in [0.05, 0.1) is 12.3 Å². The van der Waals surface area contributed by atoms with E-state index in [1.807, 2.05) is 4.90 Å². The molecule has 2 aromatic carbocycles. The fourth-order valence-electron chi connectivity index (χ4n) is 4.47. The van der Waals surface area contributed by atoms with Crippen molar-refractivity contribution in [3.05, 3.63) is 80.4 Å². The molecule has 0 atom stereocenters. The second kappa shape index (κ2) is 8.84. The standard InChI is InChI=1S/C26H23ClF2N4O/c1-15-9-11-32(12-10-15)25-23(27)26(34)33(18-6-7-19(16-3-4-16)20(28)14-18)24(31-25)17-5-8-22(30-2)21(29)13-17/h5-8,13-16H,3-4,9-12H2,1H3. The Morgan fingerprint density at radius 2 is 1.79 bits per heavy atom. The molecule has 0 bridgehead atoms. The van der Waals surface area contributed by atoms with E-state index in [9.17, 15) is 13.6 Å². The molecular weight excluding hydrogens is 458 g/mol. The third-order valence-corrected chi connectivity index (χ3v) is 7.01. The van der Waals surface area contributed by atoms with E-state index in [-0.39, 0.29) is 28.1 Å². The van der Waals surface area contributed by atoms with Crippen LogP contribution in [0.5, 0.6) is 0 Å². The molecule has 2 heterocycles. The number of benzene rings is 2. The minimum Gasteiger partial charge on any atom is -0.355 e. The second-order valence-corrected chi connectivity index (χ2v) is 9.52. The van der Waals surface area contributed by atoms with Crippen LogP contribution in [0.3, 0.4) is 0 Å². The molecule has 1 aromatic heterocycles. The van der Waals surface area contributed by atoms with Crippen LogP contribution in [-0.2, 0) is 0 Å². The van der Waals surface area contributed by atoms with Gasteiger partial charge in [-0.1, -0.05) is 36.7 Å². The van der Waals surface area contributed by atoms with Crippen molar-refractivity contribution in [2.24, 2.45) is 5.92 Å². The van der Waals surface area contributed by atoms with Crippen LogP contribution < -0.4 is 10.5 Å². The number of aromatic nitrogens is 2. The first kappa shape index (κ1) is 22.5. The fourth-order valence-corrected chi connectivity index (χ4v) is 4.72. The van der Waals surface area contributed by atoms with Gasteiger partial charge in [-0.2, -0.15) is 0 Å². The van der Waals surface area contributed by atoms with Gasteiger partial charge >= 0.3 is 0 Å². The summed E-state index contributed by atoms with van der Waals surface area (Å²) in [4.78, 5) is 23.4. The summed E-state index contributed by atoms with van der Waals surface area (Å²) in [6.45, 7) is 10.7. The predicted molar refractivity (Wildman–Crippen MR) is 129 cm³/mol. The lowest BCUT2D eigenvalue weighted by Crippen LogP contribution is -2.36. The minimum atomic E-state index is -0.716. The Morgan fingerprint density at radius 3 is 2.41 bits per heavy atom. The molecule has 1 aliphatic carbocycles. The van der Waals surface area contributed by atoms with Crippen LogP contribution in [0, 0.1) is 24.1 Å². The van der Waals surface area contributed by atoms with Crippen LogP contribution in [0.15, 0.2) is 41.2 Å². The highest BCUT2D eigenvalue weighted by Gasteiger charge is 2.28. The van der Waals surface area contributed by atoms with Gasteiger partial charge in [-0.25, -0.2) is 18.6 Å². The van der Waals surface area contributed by atoms with E-state index in [0.29, 0.717) is 36.0 Å². The van der Waals surface area contributed by atoms with Crippen molar-refractivity contribution in [2.45, 2.75) is 38.5 Å². The molecule has 8 heteroatoms. The Balaban J connectivity index is 1.71. The molecule has 0 spiro atoms. The number of halogens is 3. The summed E-state index contributed by atoms with van der Waals surface area (Å²) >= 11 is 6.54. The van der Waals surface area contributed by atoms with Gasteiger partial charge in [0.1, 0.15) is 22.5 Å². The molecule has 0 amide bonds. The van der Waals surface area contributed by atoms with Crippen LogP contribution in [-0.4, -0.2) is 22.6 Å². The number of hydrogen-bond acceptors (Lipinski definition) is 3. The third-order valence-electron chi connectivity index (χ3n) is 6.68. The maximum absolute atomic E-state index is 14.9. The van der Waals surface area contributed by atoms with E-state index < -0.39 is 17.2 Å². The highest BCUT2D eigenvalue weighted by molar-refractivity contribution is 6.32. The lowest BCUT2D eigenvalue weighted by Gasteiger charge is -2.32. The first-order valence-corrected chi connectivity index (χ1v) is 11.8. The lowest BCUT2D eigenvalue weighted by molar-refractivity contribution is 0.436. The molecular formula is C26H23ClF2N4O. The normalized spacial score (nSPS) is 16.5. The molecule has 1 aliphatic heterocycles. The van der Waals surface area contributed by atoms with E-state index in [4.69, 9.17) is 23.2 Å². The zero-order chi connectivity index (χ0) is 24.0. The van der Waals surface area contributed by atoms with E-state index in [1.54, 1.807) is 18.2 Å². The molecule has 0 unspecified atom stereocenters. The molecule has 0 N–H and O–H groups in total. The van der Waals surface area contributed by atoms with Crippen molar-refractivity contribution in [2.75, 3.05) is 18.0 Å². The number of rotatable bonds is 4. The SMILES string of the molecule is [C-]#[N+]c1ccc(-c2nc(N3CCC(C)CC3)c(Cl)c(=O)n2-c2ccc(C3CC3)c(F)c2)cc1F. The van der Waals surface area contributed by atoms with Crippen molar-refractivity contribution >= 4 is 23.1 Å². The Kier molecular flexibility index (Phi) is 5.86. The topological polar surface area (TPSA) is 42.5 Å². The van der Waals surface area contributed by atoms with Gasteiger partial charge < -0.3 is 4.90 Å². The molecule has 1 saturated carbocycles. The van der Waals surface area contributed by atoms with Crippen molar-refractivity contribution in [1.29, 1.82) is 0 Å². The highest BCUT2D eigenvalue weighted by atomic mass is 35.5. The van der Waals surface area contributed by atoms with Gasteiger partial charge in [0.15, 0.2) is 5.82 Å². The zero-order valence-corrected chi connectivity index (χ0v) is 19.4. The predicted octanol–water partition coefficient (Wildman–Crippen LogP) is 6.50. The fraction of sp³-hybridized carbons (Fsp3) is 0.346. The summed E-state index contributed by atoms with van der Waals surface area (Å²) in [5.74, 6) is 0.167. The molecule has 2 aliphatic rings. The summed E-state index contributed by atoms with van der Waals surface area (Å²) < 4.78 is 30.7. The Morgan fingerprint density at radius 1 is 1.06 bits per heavy atom.